The molecule has 0 bridgehead atoms. The van der Waals surface area contributed by atoms with E-state index in [1.165, 1.54) is 6.92 Å². The number of anilines is 2. The lowest BCUT2D eigenvalue weighted by Crippen LogP contribution is -2.56. The number of carbonyl (C=O) groups excluding carboxylic acids is 2. The van der Waals surface area contributed by atoms with E-state index in [1.54, 1.807) is 54.5 Å². The molecule has 2 atom stereocenters. The Labute approximate surface area is 191 Å². The molecule has 1 aliphatic rings. The first kappa shape index (κ1) is 21.9. The average Bonchev–Trinajstić information content (AvgIpc) is 3.02. The summed E-state index contributed by atoms with van der Waals surface area (Å²) in [5, 5.41) is 14.7. The number of ketones is 1. The third kappa shape index (κ3) is 3.72. The predicted octanol–water partition coefficient (Wildman–Crippen LogP) is 4.15. The lowest BCUT2D eigenvalue weighted by molar-refractivity contribution is -0.136. The van der Waals surface area contributed by atoms with Gasteiger partial charge in [-0.1, -0.05) is 48.0 Å². The highest BCUT2D eigenvalue weighted by atomic mass is 35.5. The Bertz CT molecular complexity index is 1150. The second-order valence-corrected chi connectivity index (χ2v) is 8.15. The van der Waals surface area contributed by atoms with Gasteiger partial charge in [0.1, 0.15) is 11.9 Å². The second-order valence-electron chi connectivity index (χ2n) is 7.71. The number of amides is 1. The summed E-state index contributed by atoms with van der Waals surface area (Å²) in [4.78, 5) is 27.9. The van der Waals surface area contributed by atoms with Gasteiger partial charge in [-0.05, 0) is 48.9 Å². The summed E-state index contributed by atoms with van der Waals surface area (Å²) < 4.78 is 5.20. The number of carbonyl (C=O) groups is 2. The number of halogens is 1. The lowest BCUT2D eigenvalue weighted by Gasteiger charge is -2.34. The molecule has 0 unspecified atom stereocenters. The molecule has 7 heteroatoms. The number of nitrogens with zero attached hydrogens (tertiary/aromatic N) is 1. The van der Waals surface area contributed by atoms with Crippen LogP contribution in [0.2, 0.25) is 5.02 Å². The molecule has 0 saturated heterocycles. The maximum Gasteiger partial charge on any atom is 0.260 e. The third-order valence-corrected chi connectivity index (χ3v) is 5.90. The van der Waals surface area contributed by atoms with Crippen molar-refractivity contribution in [2.24, 2.45) is 0 Å². The van der Waals surface area contributed by atoms with E-state index >= 15 is 0 Å². The van der Waals surface area contributed by atoms with Crippen LogP contribution < -0.4 is 15.0 Å². The number of hydrogen-bond donors (Lipinski definition) is 2. The van der Waals surface area contributed by atoms with Crippen molar-refractivity contribution in [2.75, 3.05) is 17.3 Å². The number of rotatable bonds is 7. The van der Waals surface area contributed by atoms with Gasteiger partial charge in [0.2, 0.25) is 0 Å². The van der Waals surface area contributed by atoms with E-state index in [0.717, 1.165) is 5.56 Å². The van der Waals surface area contributed by atoms with E-state index in [4.69, 9.17) is 16.3 Å². The zero-order valence-electron chi connectivity index (χ0n) is 17.7. The van der Waals surface area contributed by atoms with Gasteiger partial charge in [0, 0.05) is 16.3 Å². The second kappa shape index (κ2) is 8.65. The summed E-state index contributed by atoms with van der Waals surface area (Å²) in [6, 6.07) is 21.5. The van der Waals surface area contributed by atoms with Crippen LogP contribution >= 0.6 is 11.6 Å². The standard InChI is InChI=1S/C25H23ClN2O4/c1-16(29)23(30)25(27-19-9-11-20(32-2)12-10-19)21-13-8-18(26)14-22(21)28(24(25)31)15-17-6-4-3-5-7-17/h3-14,23,27,30H,15H2,1-2H3/t23-,25-/m0/s1. The van der Waals surface area contributed by atoms with Crippen molar-refractivity contribution in [1.29, 1.82) is 0 Å². The van der Waals surface area contributed by atoms with Crippen molar-refractivity contribution in [3.63, 3.8) is 0 Å². The molecular formula is C25H23ClN2O4. The van der Waals surface area contributed by atoms with Crippen molar-refractivity contribution >= 4 is 34.7 Å². The summed E-state index contributed by atoms with van der Waals surface area (Å²) >= 11 is 6.27. The minimum atomic E-state index is -1.70. The van der Waals surface area contributed by atoms with Crippen LogP contribution in [-0.4, -0.2) is 30.0 Å². The third-order valence-electron chi connectivity index (χ3n) is 5.67. The van der Waals surface area contributed by atoms with Gasteiger partial charge < -0.3 is 20.1 Å². The van der Waals surface area contributed by atoms with Crippen LogP contribution in [0.5, 0.6) is 5.75 Å². The SMILES string of the molecule is COc1ccc(N[C@@]2([C@@H](O)C(C)=O)C(=O)N(Cc3ccccc3)c3cc(Cl)ccc32)cc1. The van der Waals surface area contributed by atoms with Crippen LogP contribution in [-0.2, 0) is 21.7 Å². The Balaban J connectivity index is 1.86. The number of hydrogen-bond acceptors (Lipinski definition) is 5. The Morgan fingerprint density at radius 1 is 1.12 bits per heavy atom. The van der Waals surface area contributed by atoms with E-state index in [1.807, 2.05) is 30.3 Å². The van der Waals surface area contributed by atoms with E-state index in [2.05, 4.69) is 5.32 Å². The fraction of sp³-hybridized carbons (Fsp3) is 0.200. The number of methoxy groups -OCH3 is 1. The Morgan fingerprint density at radius 2 is 1.81 bits per heavy atom. The van der Waals surface area contributed by atoms with Crippen LogP contribution in [0, 0.1) is 0 Å². The molecule has 0 spiro atoms. The van der Waals surface area contributed by atoms with Gasteiger partial charge in [-0.25, -0.2) is 0 Å². The maximum absolute atomic E-state index is 14.0. The summed E-state index contributed by atoms with van der Waals surface area (Å²) in [5.41, 5.74) is 0.801. The molecule has 32 heavy (non-hydrogen) atoms. The Morgan fingerprint density at radius 3 is 2.44 bits per heavy atom. The molecule has 3 aromatic rings. The van der Waals surface area contributed by atoms with Crippen LogP contribution in [0.25, 0.3) is 0 Å². The normalized spacial score (nSPS) is 18.2. The highest BCUT2D eigenvalue weighted by Crippen LogP contribution is 2.46. The summed E-state index contributed by atoms with van der Waals surface area (Å²) in [6.45, 7) is 1.54. The van der Waals surface area contributed by atoms with Crippen LogP contribution in [0.1, 0.15) is 18.1 Å². The van der Waals surface area contributed by atoms with Gasteiger partial charge in [0.25, 0.3) is 5.91 Å². The fourth-order valence-electron chi connectivity index (χ4n) is 4.08. The highest BCUT2D eigenvalue weighted by molar-refractivity contribution is 6.31. The molecule has 0 saturated carbocycles. The van der Waals surface area contributed by atoms with Crippen molar-refractivity contribution < 1.29 is 19.4 Å². The minimum absolute atomic E-state index is 0.268. The number of aliphatic hydroxyl groups excluding tert-OH is 1. The van der Waals surface area contributed by atoms with E-state index < -0.39 is 23.3 Å². The number of fused-ring (bicyclic) bond motifs is 1. The van der Waals surface area contributed by atoms with Gasteiger partial charge in [0.15, 0.2) is 11.3 Å². The quantitative estimate of drug-likeness (QED) is 0.565. The molecule has 0 aliphatic carbocycles. The summed E-state index contributed by atoms with van der Waals surface area (Å²) in [7, 11) is 1.56. The summed E-state index contributed by atoms with van der Waals surface area (Å²) in [5.74, 6) is -0.314. The zero-order chi connectivity index (χ0) is 22.9. The van der Waals surface area contributed by atoms with E-state index in [9.17, 15) is 14.7 Å². The molecule has 1 aliphatic heterocycles. The molecule has 6 nitrogen and oxygen atoms in total. The average molecular weight is 451 g/mol. The van der Waals surface area contributed by atoms with Crippen LogP contribution in [0.15, 0.2) is 72.8 Å². The molecule has 2 N–H and O–H groups in total. The lowest BCUT2D eigenvalue weighted by atomic mass is 9.83. The number of nitrogens with one attached hydrogen (secondary N) is 1. The van der Waals surface area contributed by atoms with Crippen molar-refractivity contribution in [2.45, 2.75) is 25.1 Å². The monoisotopic (exact) mass is 450 g/mol. The molecule has 0 fully saturated rings. The molecular weight excluding hydrogens is 428 g/mol. The Kier molecular flexibility index (Phi) is 5.91. The minimum Gasteiger partial charge on any atom is -0.497 e. The number of ether oxygens (including phenoxy) is 1. The maximum atomic E-state index is 14.0. The van der Waals surface area contributed by atoms with Crippen molar-refractivity contribution in [3.8, 4) is 5.75 Å². The molecule has 4 rings (SSSR count). The van der Waals surface area contributed by atoms with Crippen LogP contribution in [0.4, 0.5) is 11.4 Å². The molecule has 1 amide bonds. The van der Waals surface area contributed by atoms with Crippen molar-refractivity contribution in [1.82, 2.24) is 0 Å². The van der Waals surface area contributed by atoms with E-state index in [-0.39, 0.29) is 6.54 Å². The van der Waals surface area contributed by atoms with Gasteiger partial charge in [0.05, 0.1) is 19.3 Å². The van der Waals surface area contributed by atoms with Gasteiger partial charge in [-0.3, -0.25) is 9.59 Å². The number of Topliss-reactive ketones (excluding diaryl/α,β-unsaturated/α-hetero) is 1. The fourth-order valence-corrected chi connectivity index (χ4v) is 4.25. The van der Waals surface area contributed by atoms with E-state index in [0.29, 0.717) is 27.7 Å². The van der Waals surface area contributed by atoms with Gasteiger partial charge in [-0.2, -0.15) is 0 Å². The first-order valence-corrected chi connectivity index (χ1v) is 10.5. The zero-order valence-corrected chi connectivity index (χ0v) is 18.5. The number of aliphatic hydroxyl groups is 1. The summed E-state index contributed by atoms with van der Waals surface area (Å²) in [6.07, 6.45) is -1.61. The predicted molar refractivity (Wildman–Crippen MR) is 124 cm³/mol. The highest BCUT2D eigenvalue weighted by Gasteiger charge is 2.57. The van der Waals surface area contributed by atoms with Gasteiger partial charge in [-0.15, -0.1) is 0 Å². The van der Waals surface area contributed by atoms with Crippen molar-refractivity contribution in [3.05, 3.63) is 88.9 Å². The first-order valence-electron chi connectivity index (χ1n) is 10.1. The topological polar surface area (TPSA) is 78.9 Å². The largest absolute Gasteiger partial charge is 0.497 e. The molecule has 0 radical (unpaired) electrons. The molecule has 0 aromatic heterocycles. The molecule has 164 valence electrons. The Hall–Kier alpha value is -3.35. The molecule has 3 aromatic carbocycles. The van der Waals surface area contributed by atoms with Crippen LogP contribution in [0.3, 0.4) is 0 Å². The molecule has 1 heterocycles. The number of benzene rings is 3. The first-order chi connectivity index (χ1) is 15.4. The van der Waals surface area contributed by atoms with Gasteiger partial charge >= 0.3 is 0 Å². The smallest absolute Gasteiger partial charge is 0.260 e.